The highest BCUT2D eigenvalue weighted by atomic mass is 16.3. The maximum Gasteiger partial charge on any atom is 0.107 e. The first kappa shape index (κ1) is 13.8. The summed E-state index contributed by atoms with van der Waals surface area (Å²) in [4.78, 5) is 0. The van der Waals surface area contributed by atoms with Crippen LogP contribution in [0.4, 0.5) is 0 Å². The highest BCUT2D eigenvalue weighted by Crippen LogP contribution is 2.31. The van der Waals surface area contributed by atoms with Crippen molar-refractivity contribution in [1.82, 2.24) is 0 Å². The van der Waals surface area contributed by atoms with Gasteiger partial charge < -0.3 is 4.42 Å². The van der Waals surface area contributed by atoms with Gasteiger partial charge in [-0.1, -0.05) is 24.6 Å². The first-order chi connectivity index (χ1) is 7.97. The molecule has 1 atom stereocenters. The second-order valence-corrected chi connectivity index (χ2v) is 5.38. The molecule has 1 unspecified atom stereocenters. The number of hydrogen-bond acceptors (Lipinski definition) is 1. The molecule has 1 heterocycles. The van der Waals surface area contributed by atoms with Crippen molar-refractivity contribution in [2.24, 2.45) is 5.41 Å². The summed E-state index contributed by atoms with van der Waals surface area (Å²) in [5.74, 6) is 1.09. The normalized spacial score (nSPS) is 14.1. The van der Waals surface area contributed by atoms with E-state index in [9.17, 15) is 0 Å². The molecule has 0 bridgehead atoms. The maximum atomic E-state index is 5.53. The molecule has 1 rings (SSSR count). The zero-order valence-corrected chi connectivity index (χ0v) is 11.5. The molecule has 0 spiro atoms. The molecular weight excluding hydrogens is 208 g/mol. The summed E-state index contributed by atoms with van der Waals surface area (Å²) in [7, 11) is 0. The lowest BCUT2D eigenvalue weighted by Gasteiger charge is -2.24. The third-order valence-electron chi connectivity index (χ3n) is 3.29. The standard InChI is InChI=1S/C16H24O/c1-6-16(5,10-7-8-13(2)3)12-15-14(4)9-11-17-15/h6,8-9,11H,1,7,10,12H2,2-5H3. The highest BCUT2D eigenvalue weighted by molar-refractivity contribution is 5.17. The van der Waals surface area contributed by atoms with Crippen molar-refractivity contribution < 1.29 is 4.42 Å². The van der Waals surface area contributed by atoms with E-state index in [1.165, 1.54) is 11.1 Å². The van der Waals surface area contributed by atoms with E-state index in [0.717, 1.165) is 25.0 Å². The quantitative estimate of drug-likeness (QED) is 0.624. The summed E-state index contributed by atoms with van der Waals surface area (Å²) in [6, 6.07) is 2.02. The second kappa shape index (κ2) is 5.90. The lowest BCUT2D eigenvalue weighted by Crippen LogP contribution is -2.16. The van der Waals surface area contributed by atoms with E-state index < -0.39 is 0 Å². The first-order valence-corrected chi connectivity index (χ1v) is 6.27. The van der Waals surface area contributed by atoms with Gasteiger partial charge in [-0.25, -0.2) is 0 Å². The second-order valence-electron chi connectivity index (χ2n) is 5.38. The van der Waals surface area contributed by atoms with Gasteiger partial charge in [-0.2, -0.15) is 0 Å². The van der Waals surface area contributed by atoms with Crippen molar-refractivity contribution in [3.63, 3.8) is 0 Å². The number of aryl methyl sites for hydroxylation is 1. The zero-order valence-electron chi connectivity index (χ0n) is 11.5. The number of rotatable bonds is 6. The van der Waals surface area contributed by atoms with Gasteiger partial charge in [0.05, 0.1) is 6.26 Å². The third kappa shape index (κ3) is 4.26. The smallest absolute Gasteiger partial charge is 0.107 e. The first-order valence-electron chi connectivity index (χ1n) is 6.27. The van der Waals surface area contributed by atoms with Gasteiger partial charge in [-0.3, -0.25) is 0 Å². The Morgan fingerprint density at radius 2 is 2.18 bits per heavy atom. The number of allylic oxidation sites excluding steroid dienone is 3. The van der Waals surface area contributed by atoms with Crippen molar-refractivity contribution >= 4 is 0 Å². The molecule has 1 heteroatoms. The van der Waals surface area contributed by atoms with Crippen molar-refractivity contribution in [2.45, 2.75) is 47.0 Å². The summed E-state index contributed by atoms with van der Waals surface area (Å²) in [6.45, 7) is 12.6. The summed E-state index contributed by atoms with van der Waals surface area (Å²) in [5.41, 5.74) is 2.74. The Balaban J connectivity index is 2.66. The van der Waals surface area contributed by atoms with E-state index in [4.69, 9.17) is 4.42 Å². The zero-order chi connectivity index (χ0) is 12.9. The van der Waals surface area contributed by atoms with E-state index in [0.29, 0.717) is 0 Å². The monoisotopic (exact) mass is 232 g/mol. The van der Waals surface area contributed by atoms with Gasteiger partial charge in [-0.05, 0) is 50.7 Å². The number of furan rings is 1. The molecule has 1 aromatic heterocycles. The largest absolute Gasteiger partial charge is 0.469 e. The summed E-state index contributed by atoms with van der Waals surface area (Å²) < 4.78 is 5.53. The van der Waals surface area contributed by atoms with Crippen LogP contribution in [0, 0.1) is 12.3 Å². The van der Waals surface area contributed by atoms with Crippen molar-refractivity contribution in [3.05, 3.63) is 48.0 Å². The molecule has 0 aliphatic carbocycles. The molecular formula is C16H24O. The lowest BCUT2D eigenvalue weighted by molar-refractivity contribution is 0.351. The fourth-order valence-corrected chi connectivity index (χ4v) is 1.91. The van der Waals surface area contributed by atoms with E-state index in [-0.39, 0.29) is 5.41 Å². The molecule has 0 saturated heterocycles. The molecule has 0 fully saturated rings. The van der Waals surface area contributed by atoms with Crippen LogP contribution >= 0.6 is 0 Å². The van der Waals surface area contributed by atoms with Crippen molar-refractivity contribution in [2.75, 3.05) is 0 Å². The third-order valence-corrected chi connectivity index (χ3v) is 3.29. The van der Waals surface area contributed by atoms with Crippen LogP contribution in [0.3, 0.4) is 0 Å². The van der Waals surface area contributed by atoms with Crippen LogP contribution in [0.2, 0.25) is 0 Å². The molecule has 94 valence electrons. The van der Waals surface area contributed by atoms with Gasteiger partial charge in [0, 0.05) is 6.42 Å². The molecule has 0 amide bonds. The number of hydrogen-bond donors (Lipinski definition) is 0. The topological polar surface area (TPSA) is 13.1 Å². The van der Waals surface area contributed by atoms with E-state index >= 15 is 0 Å². The van der Waals surface area contributed by atoms with Gasteiger partial charge in [0.2, 0.25) is 0 Å². The fraction of sp³-hybridized carbons (Fsp3) is 0.500. The summed E-state index contributed by atoms with van der Waals surface area (Å²) >= 11 is 0. The molecule has 17 heavy (non-hydrogen) atoms. The maximum absolute atomic E-state index is 5.53. The molecule has 0 aliphatic heterocycles. The van der Waals surface area contributed by atoms with E-state index in [1.54, 1.807) is 6.26 Å². The minimum atomic E-state index is 0.120. The average molecular weight is 232 g/mol. The summed E-state index contributed by atoms with van der Waals surface area (Å²) in [5, 5.41) is 0. The van der Waals surface area contributed by atoms with Crippen molar-refractivity contribution in [1.29, 1.82) is 0 Å². The molecule has 0 aromatic carbocycles. The highest BCUT2D eigenvalue weighted by Gasteiger charge is 2.22. The Bertz CT molecular complexity index is 393. The molecule has 1 aromatic rings. The molecule has 0 aliphatic rings. The Morgan fingerprint density at radius 1 is 1.47 bits per heavy atom. The van der Waals surface area contributed by atoms with Crippen LogP contribution < -0.4 is 0 Å². The van der Waals surface area contributed by atoms with E-state index in [2.05, 4.69) is 46.4 Å². The van der Waals surface area contributed by atoms with Crippen LogP contribution in [-0.4, -0.2) is 0 Å². The SMILES string of the molecule is C=CC(C)(CCC=C(C)C)Cc1occc1C. The van der Waals surface area contributed by atoms with E-state index in [1.807, 2.05) is 6.07 Å². The lowest BCUT2D eigenvalue weighted by atomic mass is 9.81. The van der Waals surface area contributed by atoms with Crippen molar-refractivity contribution in [3.8, 4) is 0 Å². The van der Waals surface area contributed by atoms with Gasteiger partial charge in [0.1, 0.15) is 5.76 Å². The van der Waals surface area contributed by atoms with Crippen LogP contribution in [0.1, 0.15) is 44.9 Å². The van der Waals surface area contributed by atoms with Crippen LogP contribution in [0.15, 0.2) is 41.1 Å². The van der Waals surface area contributed by atoms with Gasteiger partial charge in [-0.15, -0.1) is 6.58 Å². The molecule has 0 radical (unpaired) electrons. The van der Waals surface area contributed by atoms with Gasteiger partial charge in [0.25, 0.3) is 0 Å². The Hall–Kier alpha value is -1.24. The Morgan fingerprint density at radius 3 is 2.65 bits per heavy atom. The predicted octanol–water partition coefficient (Wildman–Crippen LogP) is 5.07. The Kier molecular flexibility index (Phi) is 4.80. The van der Waals surface area contributed by atoms with Crippen LogP contribution in [-0.2, 0) is 6.42 Å². The predicted molar refractivity (Wildman–Crippen MR) is 74.1 cm³/mol. The Labute approximate surface area is 105 Å². The molecule has 0 N–H and O–H groups in total. The summed E-state index contributed by atoms with van der Waals surface area (Å²) in [6.07, 6.45) is 9.27. The fourth-order valence-electron chi connectivity index (χ4n) is 1.91. The minimum absolute atomic E-state index is 0.120. The van der Waals surface area contributed by atoms with Crippen LogP contribution in [0.5, 0.6) is 0 Å². The molecule has 0 saturated carbocycles. The molecule has 1 nitrogen and oxygen atoms in total. The van der Waals surface area contributed by atoms with Gasteiger partial charge >= 0.3 is 0 Å². The minimum Gasteiger partial charge on any atom is -0.469 e. The van der Waals surface area contributed by atoms with Gasteiger partial charge in [0.15, 0.2) is 0 Å². The average Bonchev–Trinajstić information content (AvgIpc) is 2.64. The van der Waals surface area contributed by atoms with Crippen LogP contribution in [0.25, 0.3) is 0 Å².